The highest BCUT2D eigenvalue weighted by atomic mass is 16.3. The fourth-order valence-corrected chi connectivity index (χ4v) is 0.682. The topological polar surface area (TPSA) is 63.3 Å². The van der Waals surface area contributed by atoms with Gasteiger partial charge in [0.2, 0.25) is 0 Å². The van der Waals surface area contributed by atoms with Gasteiger partial charge in [-0.2, -0.15) is 0 Å². The van der Waals surface area contributed by atoms with E-state index < -0.39 is 5.91 Å². The van der Waals surface area contributed by atoms with Crippen LogP contribution in [-0.4, -0.2) is 11.0 Å². The van der Waals surface area contributed by atoms with Crippen LogP contribution < -0.4 is 5.73 Å². The summed E-state index contributed by atoms with van der Waals surface area (Å²) in [6.45, 7) is 0. The van der Waals surface area contributed by atoms with Crippen molar-refractivity contribution < 1.29 is 9.90 Å². The summed E-state index contributed by atoms with van der Waals surface area (Å²) in [5, 5.41) is 8.98. The lowest BCUT2D eigenvalue weighted by Gasteiger charge is -1.96. The summed E-state index contributed by atoms with van der Waals surface area (Å²) in [6.07, 6.45) is 8.00. The van der Waals surface area contributed by atoms with Crippen molar-refractivity contribution in [2.75, 3.05) is 0 Å². The molecule has 62 valence electrons. The van der Waals surface area contributed by atoms with Crippen LogP contribution in [0.4, 0.5) is 0 Å². The van der Waals surface area contributed by atoms with E-state index >= 15 is 0 Å². The first-order valence-corrected chi connectivity index (χ1v) is 3.13. The summed E-state index contributed by atoms with van der Waals surface area (Å²) in [4.78, 5) is 10.5. The predicted octanol–water partition coefficient (Wildman–Crippen LogP) is 0.740. The first kappa shape index (κ1) is 10.0. The average molecular weight is 163 g/mol. The molecule has 0 radical (unpaired) electrons. The average Bonchev–Trinajstić information content (AvgIpc) is 2.08. The lowest BCUT2D eigenvalue weighted by molar-refractivity contribution is 0.0998. The first-order chi connectivity index (χ1) is 5.72. The number of rotatable bonds is 1. The van der Waals surface area contributed by atoms with Crippen molar-refractivity contribution in [3.8, 4) is 18.6 Å². The van der Waals surface area contributed by atoms with Gasteiger partial charge in [0.1, 0.15) is 5.75 Å². The molecule has 0 aliphatic carbocycles. The largest absolute Gasteiger partial charge is 0.507 e. The number of carbonyl (C=O) groups excluding carboxylic acids is 1. The SMILES string of the molecule is C#C.NC(=O)c1ccccc1O. The molecular weight excluding hydrogens is 154 g/mol. The Hall–Kier alpha value is -1.95. The molecule has 0 heterocycles. The monoisotopic (exact) mass is 163 g/mol. The lowest BCUT2D eigenvalue weighted by atomic mass is 10.2. The molecule has 3 heteroatoms. The van der Waals surface area contributed by atoms with Gasteiger partial charge in [0, 0.05) is 0 Å². The molecule has 12 heavy (non-hydrogen) atoms. The van der Waals surface area contributed by atoms with E-state index in [1.807, 2.05) is 0 Å². The standard InChI is InChI=1S/C7H7NO2.C2H2/c8-7(10)5-3-1-2-4-6(5)9;1-2/h1-4,9H,(H2,8,10);1-2H. The Labute approximate surface area is 70.8 Å². The zero-order valence-corrected chi connectivity index (χ0v) is 6.40. The molecule has 3 N–H and O–H groups in total. The highest BCUT2D eigenvalue weighted by molar-refractivity contribution is 5.95. The number of para-hydroxylation sites is 1. The van der Waals surface area contributed by atoms with Gasteiger partial charge in [-0.05, 0) is 12.1 Å². The number of terminal acetylenes is 1. The maximum Gasteiger partial charge on any atom is 0.252 e. The second-order valence-electron chi connectivity index (χ2n) is 1.88. The summed E-state index contributed by atoms with van der Waals surface area (Å²) in [5.74, 6) is -0.687. The third kappa shape index (κ3) is 2.35. The molecule has 1 aromatic rings. The fourth-order valence-electron chi connectivity index (χ4n) is 0.682. The quantitative estimate of drug-likeness (QED) is 0.600. The number of phenols is 1. The van der Waals surface area contributed by atoms with Crippen LogP contribution in [-0.2, 0) is 0 Å². The first-order valence-electron chi connectivity index (χ1n) is 3.13. The molecule has 0 fully saturated rings. The van der Waals surface area contributed by atoms with Gasteiger partial charge in [0.25, 0.3) is 5.91 Å². The Balaban J connectivity index is 0.000000561. The van der Waals surface area contributed by atoms with Crippen molar-refractivity contribution in [2.24, 2.45) is 5.73 Å². The maximum atomic E-state index is 10.5. The molecule has 0 spiro atoms. The molecular formula is C9H9NO2. The number of hydrogen-bond acceptors (Lipinski definition) is 2. The molecule has 1 amide bonds. The van der Waals surface area contributed by atoms with E-state index in [9.17, 15) is 4.79 Å². The van der Waals surface area contributed by atoms with Crippen LogP contribution in [0, 0.1) is 12.8 Å². The van der Waals surface area contributed by atoms with Crippen LogP contribution in [0.2, 0.25) is 0 Å². The van der Waals surface area contributed by atoms with Gasteiger partial charge in [-0.3, -0.25) is 4.79 Å². The van der Waals surface area contributed by atoms with Gasteiger partial charge in [-0.25, -0.2) is 0 Å². The second-order valence-corrected chi connectivity index (χ2v) is 1.88. The van der Waals surface area contributed by atoms with E-state index in [4.69, 9.17) is 10.8 Å². The van der Waals surface area contributed by atoms with Crippen LogP contribution in [0.15, 0.2) is 24.3 Å². The molecule has 1 aromatic carbocycles. The summed E-state index contributed by atoms with van der Waals surface area (Å²) in [5.41, 5.74) is 5.07. The van der Waals surface area contributed by atoms with E-state index in [1.165, 1.54) is 12.1 Å². The Morgan fingerprint density at radius 1 is 1.33 bits per heavy atom. The van der Waals surface area contributed by atoms with E-state index in [1.54, 1.807) is 12.1 Å². The molecule has 0 atom stereocenters. The highest BCUT2D eigenvalue weighted by Gasteiger charge is 2.03. The molecule has 3 nitrogen and oxygen atoms in total. The Bertz CT molecular complexity index is 292. The highest BCUT2D eigenvalue weighted by Crippen LogP contribution is 2.13. The van der Waals surface area contributed by atoms with Gasteiger partial charge in [-0.1, -0.05) is 12.1 Å². The van der Waals surface area contributed by atoms with Crippen LogP contribution in [0.3, 0.4) is 0 Å². The van der Waals surface area contributed by atoms with E-state index in [-0.39, 0.29) is 11.3 Å². The normalized spacial score (nSPS) is 7.83. The Morgan fingerprint density at radius 3 is 2.17 bits per heavy atom. The van der Waals surface area contributed by atoms with Crippen LogP contribution >= 0.6 is 0 Å². The van der Waals surface area contributed by atoms with Crippen LogP contribution in [0.1, 0.15) is 10.4 Å². The summed E-state index contributed by atoms with van der Waals surface area (Å²) in [6, 6.07) is 6.15. The Morgan fingerprint density at radius 2 is 1.83 bits per heavy atom. The minimum atomic E-state index is -0.613. The zero-order valence-electron chi connectivity index (χ0n) is 6.40. The molecule has 0 saturated heterocycles. The zero-order chi connectivity index (χ0) is 9.56. The van der Waals surface area contributed by atoms with Gasteiger partial charge in [0.05, 0.1) is 5.56 Å². The number of benzene rings is 1. The van der Waals surface area contributed by atoms with Gasteiger partial charge in [0.15, 0.2) is 0 Å². The molecule has 0 aromatic heterocycles. The lowest BCUT2D eigenvalue weighted by Crippen LogP contribution is -2.10. The van der Waals surface area contributed by atoms with E-state index in [0.717, 1.165) is 0 Å². The molecule has 0 saturated carbocycles. The third-order valence-corrected chi connectivity index (χ3v) is 1.17. The minimum absolute atomic E-state index is 0.0741. The molecule has 0 aliphatic rings. The van der Waals surface area contributed by atoms with Gasteiger partial charge >= 0.3 is 0 Å². The number of amides is 1. The summed E-state index contributed by atoms with van der Waals surface area (Å²) in [7, 11) is 0. The number of nitrogens with two attached hydrogens (primary N) is 1. The number of carbonyl (C=O) groups is 1. The van der Waals surface area contributed by atoms with Crippen molar-refractivity contribution in [1.29, 1.82) is 0 Å². The van der Waals surface area contributed by atoms with E-state index in [2.05, 4.69) is 12.8 Å². The maximum absolute atomic E-state index is 10.5. The van der Waals surface area contributed by atoms with E-state index in [0.29, 0.717) is 0 Å². The van der Waals surface area contributed by atoms with Gasteiger partial charge < -0.3 is 10.8 Å². The number of aromatic hydroxyl groups is 1. The van der Waals surface area contributed by atoms with Crippen molar-refractivity contribution in [3.63, 3.8) is 0 Å². The molecule has 1 rings (SSSR count). The molecule has 0 aliphatic heterocycles. The smallest absolute Gasteiger partial charge is 0.252 e. The molecule has 0 bridgehead atoms. The van der Waals surface area contributed by atoms with Gasteiger partial charge in [-0.15, -0.1) is 12.8 Å². The summed E-state index contributed by atoms with van der Waals surface area (Å²) >= 11 is 0. The molecule has 0 unspecified atom stereocenters. The van der Waals surface area contributed by atoms with Crippen molar-refractivity contribution >= 4 is 5.91 Å². The predicted molar refractivity (Wildman–Crippen MR) is 46.5 cm³/mol. The number of primary amides is 1. The summed E-state index contributed by atoms with van der Waals surface area (Å²) < 4.78 is 0. The second kappa shape index (κ2) is 4.80. The van der Waals surface area contributed by atoms with Crippen molar-refractivity contribution in [1.82, 2.24) is 0 Å². The van der Waals surface area contributed by atoms with Crippen molar-refractivity contribution in [2.45, 2.75) is 0 Å². The number of hydrogen-bond donors (Lipinski definition) is 2. The minimum Gasteiger partial charge on any atom is -0.507 e. The fraction of sp³-hybridized carbons (Fsp3) is 0. The van der Waals surface area contributed by atoms with Crippen LogP contribution in [0.25, 0.3) is 0 Å². The third-order valence-electron chi connectivity index (χ3n) is 1.17. The van der Waals surface area contributed by atoms with Crippen LogP contribution in [0.5, 0.6) is 5.75 Å². The Kier molecular flexibility index (Phi) is 4.02. The van der Waals surface area contributed by atoms with Crippen molar-refractivity contribution in [3.05, 3.63) is 29.8 Å².